The number of benzene rings is 2. The third kappa shape index (κ3) is 10.6. The van der Waals surface area contributed by atoms with Crippen molar-refractivity contribution in [2.45, 2.75) is 19.3 Å². The van der Waals surface area contributed by atoms with E-state index in [2.05, 4.69) is 57.5 Å². The monoisotopic (exact) mass is 616 g/mol. The Balaban J connectivity index is 0.00000324. The van der Waals surface area contributed by atoms with Crippen molar-refractivity contribution in [1.29, 1.82) is 0 Å². The maximum atomic E-state index is 5.99. The maximum Gasteiger partial charge on any atom is 7.00 e. The molecule has 0 saturated heterocycles. The molecule has 0 aliphatic rings. The van der Waals surface area contributed by atoms with E-state index in [0.29, 0.717) is 12.5 Å². The van der Waals surface area contributed by atoms with Crippen molar-refractivity contribution in [2.24, 2.45) is 0 Å². The van der Waals surface area contributed by atoms with Crippen LogP contribution in [0.3, 0.4) is 0 Å². The quantitative estimate of drug-likeness (QED) is 0.159. The number of rotatable bonds is 16. The molecule has 10 heteroatoms. The van der Waals surface area contributed by atoms with Crippen LogP contribution in [0.2, 0.25) is 0 Å². The average Bonchev–Trinajstić information content (AvgIpc) is 3.27. The van der Waals surface area contributed by atoms with E-state index in [4.69, 9.17) is 9.15 Å². The number of unbranched alkanes of at least 4 members (excludes halogenated alkanes) is 2. The number of nitrogens with one attached hydrogen (secondary N) is 1. The van der Waals surface area contributed by atoms with Crippen molar-refractivity contribution >= 4 is 42.0 Å². The van der Waals surface area contributed by atoms with Crippen LogP contribution in [0.5, 0.6) is 5.75 Å². The molecule has 0 bridgehead atoms. The molecule has 194 valence electrons. The first-order chi connectivity index (χ1) is 16.6. The van der Waals surface area contributed by atoms with Gasteiger partial charge in [-0.1, -0.05) is 0 Å². The Morgan fingerprint density at radius 1 is 0.917 bits per heavy atom. The van der Waals surface area contributed by atoms with Crippen LogP contribution < -0.4 is 15.0 Å². The number of oxazole rings is 1. The average molecular weight is 617 g/mol. The number of hydrogen-bond donors (Lipinski definition) is 3. The third-order valence-corrected chi connectivity index (χ3v) is 6.11. The summed E-state index contributed by atoms with van der Waals surface area (Å²) in [4.78, 5) is 9.21. The second-order valence-electron chi connectivity index (χ2n) is 8.54. The summed E-state index contributed by atoms with van der Waals surface area (Å²) >= 11 is 8.63. The molecule has 0 radical (unpaired) electrons. The van der Waals surface area contributed by atoms with E-state index in [-0.39, 0.29) is 25.6 Å². The normalized spacial score (nSPS) is 10.8. The van der Waals surface area contributed by atoms with Gasteiger partial charge in [-0.25, -0.2) is 4.98 Å². The van der Waals surface area contributed by atoms with Gasteiger partial charge in [-0.05, 0) is 62.2 Å². The minimum Gasteiger partial charge on any atom is -2.00 e. The van der Waals surface area contributed by atoms with Crippen LogP contribution in [-0.4, -0.2) is 74.8 Å². The van der Waals surface area contributed by atoms with Gasteiger partial charge in [0.1, 0.15) is 11.3 Å². The number of fused-ring (bicyclic) bond motifs is 1. The molecule has 0 spiro atoms. The summed E-state index contributed by atoms with van der Waals surface area (Å²) in [5.74, 6) is 3.23. The molecular weight excluding hydrogens is 578 g/mol. The topological polar surface area (TPSA) is 82.3 Å². The van der Waals surface area contributed by atoms with Crippen molar-refractivity contribution in [3.63, 3.8) is 0 Å². The Morgan fingerprint density at radius 2 is 1.69 bits per heavy atom. The Morgan fingerprint density at radius 3 is 2.39 bits per heavy atom. The predicted octanol–water partition coefficient (Wildman–Crippen LogP) is 4.74. The fourth-order valence-electron chi connectivity index (χ4n) is 3.74. The van der Waals surface area contributed by atoms with Crippen LogP contribution in [0.1, 0.15) is 19.3 Å². The van der Waals surface area contributed by atoms with E-state index in [1.807, 2.05) is 44.4 Å². The van der Waals surface area contributed by atoms with Gasteiger partial charge in [0.05, 0.1) is 6.61 Å². The summed E-state index contributed by atoms with van der Waals surface area (Å²) in [6.45, 7) is 5.86. The van der Waals surface area contributed by atoms with Gasteiger partial charge in [0.25, 0.3) is 0 Å². The Kier molecular flexibility index (Phi) is 16.4. The first-order valence-electron chi connectivity index (χ1n) is 12.1. The molecule has 3 rings (SSSR count). The van der Waals surface area contributed by atoms with E-state index in [0.717, 1.165) is 85.2 Å². The molecule has 1 heterocycles. The second kappa shape index (κ2) is 18.1. The fourth-order valence-corrected chi connectivity index (χ4v) is 4.19. The van der Waals surface area contributed by atoms with E-state index < -0.39 is 0 Å². The standard InChI is InChI=1S/C26H38N4O2S2.O.Tc/c1-29(2)22-8-6-21(7-9-22)26-28-24-20-23(10-11-25(24)32-26)31-17-5-3-4-14-30(16-19-34)15-12-27-13-18-33;;/h6-11,20,27,33-34H,3-5,12-19H2,1-2H3;;/q;-2;+7/i;;1+0. The van der Waals surface area contributed by atoms with Crippen LogP contribution in [0.4, 0.5) is 5.69 Å². The molecule has 0 unspecified atom stereocenters. The van der Waals surface area contributed by atoms with Crippen molar-refractivity contribution in [3.8, 4) is 17.2 Å². The molecule has 1 N–H and O–H groups in total. The minimum atomic E-state index is 0. The molecule has 3 aromatic rings. The number of nitrogens with zero attached hydrogens (tertiary/aromatic N) is 3. The molecule has 7 nitrogen and oxygen atoms in total. The van der Waals surface area contributed by atoms with Gasteiger partial charge in [-0.2, -0.15) is 25.3 Å². The molecule has 0 aliphatic carbocycles. The molecule has 2 aromatic carbocycles. The van der Waals surface area contributed by atoms with E-state index >= 15 is 0 Å². The Bertz CT molecular complexity index is 989. The molecule has 36 heavy (non-hydrogen) atoms. The SMILES string of the molecule is CN(C)c1ccc(-c2nc3cc(OCCCCCN(CCS)CCNCCS)ccc3o2)cc1.[98Tc+7].[O-2]. The first-order valence-corrected chi connectivity index (χ1v) is 13.3. The molecule has 0 fully saturated rings. The Labute approximate surface area is 239 Å². The number of ether oxygens (including phenoxy) is 1. The van der Waals surface area contributed by atoms with Gasteiger partial charge >= 0.3 is 20.1 Å². The smallest absolute Gasteiger partial charge is 2.00 e. The molecular formula is C26H38N4O3S2Tc+5. The summed E-state index contributed by atoms with van der Waals surface area (Å²) in [6.07, 6.45) is 3.35. The van der Waals surface area contributed by atoms with Crippen molar-refractivity contribution in [1.82, 2.24) is 15.2 Å². The first kappa shape index (κ1) is 32.8. The van der Waals surface area contributed by atoms with Gasteiger partial charge < -0.3 is 29.7 Å². The summed E-state index contributed by atoms with van der Waals surface area (Å²) in [7, 11) is 4.05. The van der Waals surface area contributed by atoms with Gasteiger partial charge in [0.15, 0.2) is 5.58 Å². The van der Waals surface area contributed by atoms with Crippen molar-refractivity contribution < 1.29 is 34.7 Å². The summed E-state index contributed by atoms with van der Waals surface area (Å²) in [6, 6.07) is 14.1. The van der Waals surface area contributed by atoms with Gasteiger partial charge in [0, 0.05) is 69.1 Å². The number of thiol groups is 2. The summed E-state index contributed by atoms with van der Waals surface area (Å²) < 4.78 is 11.9. The van der Waals surface area contributed by atoms with Crippen LogP contribution >= 0.6 is 25.3 Å². The van der Waals surface area contributed by atoms with Crippen LogP contribution in [0.25, 0.3) is 22.6 Å². The molecule has 0 saturated carbocycles. The predicted molar refractivity (Wildman–Crippen MR) is 151 cm³/mol. The van der Waals surface area contributed by atoms with Crippen molar-refractivity contribution in [3.05, 3.63) is 42.5 Å². The largest absolute Gasteiger partial charge is 7.00 e. The van der Waals surface area contributed by atoms with Crippen molar-refractivity contribution in [2.75, 3.05) is 69.8 Å². The van der Waals surface area contributed by atoms with E-state index in [1.54, 1.807) is 0 Å². The maximum absolute atomic E-state index is 5.99. The van der Waals surface area contributed by atoms with Gasteiger partial charge in [-0.15, -0.1) is 0 Å². The molecule has 1 aromatic heterocycles. The van der Waals surface area contributed by atoms with E-state index in [9.17, 15) is 0 Å². The zero-order valence-electron chi connectivity index (χ0n) is 21.2. The number of aromatic nitrogens is 1. The molecule has 0 amide bonds. The third-order valence-electron chi connectivity index (χ3n) is 5.69. The molecule has 0 aliphatic heterocycles. The van der Waals surface area contributed by atoms with Gasteiger partial charge in [0.2, 0.25) is 5.89 Å². The number of hydrogen-bond acceptors (Lipinski definition) is 8. The van der Waals surface area contributed by atoms with Crippen LogP contribution in [-0.2, 0) is 25.6 Å². The van der Waals surface area contributed by atoms with E-state index in [1.165, 1.54) is 6.42 Å². The fraction of sp³-hybridized carbons (Fsp3) is 0.500. The molecule has 0 atom stereocenters. The van der Waals surface area contributed by atoms with Crippen LogP contribution in [0, 0.1) is 0 Å². The summed E-state index contributed by atoms with van der Waals surface area (Å²) in [5, 5.41) is 3.41. The number of anilines is 1. The zero-order chi connectivity index (χ0) is 24.2. The van der Waals surface area contributed by atoms with Crippen LogP contribution in [0.15, 0.2) is 46.9 Å². The summed E-state index contributed by atoms with van der Waals surface area (Å²) in [5.41, 5.74) is 3.70. The van der Waals surface area contributed by atoms with Gasteiger partial charge in [-0.3, -0.25) is 0 Å². The minimum absolute atomic E-state index is 0. The zero-order valence-corrected chi connectivity index (χ0v) is 24.8. The Hall–Kier alpha value is -1.26. The second-order valence-corrected chi connectivity index (χ2v) is 9.43.